The highest BCUT2D eigenvalue weighted by Crippen LogP contribution is 2.40. The fraction of sp³-hybridized carbons (Fsp3) is 0.500. The lowest BCUT2D eigenvalue weighted by Gasteiger charge is -2.18. The van der Waals surface area contributed by atoms with Crippen molar-refractivity contribution < 1.29 is 14.6 Å². The van der Waals surface area contributed by atoms with Crippen LogP contribution < -0.4 is 9.64 Å². The van der Waals surface area contributed by atoms with E-state index in [0.29, 0.717) is 29.6 Å². The standard InChI is InChI=1S/C18H22N4O3/c1-25-16-9-12(8-15(19-16)21-6-2-3-7-21)10-22-11-14(18(23)24)17(20-22)13-4-5-13/h8-9,11,13H,2-7,10H2,1H3,(H,23,24). The monoisotopic (exact) mass is 342 g/mol. The average molecular weight is 342 g/mol. The van der Waals surface area contributed by atoms with Crippen molar-refractivity contribution in [2.45, 2.75) is 38.1 Å². The van der Waals surface area contributed by atoms with Gasteiger partial charge in [-0.25, -0.2) is 4.79 Å². The molecule has 4 rings (SSSR count). The van der Waals surface area contributed by atoms with Crippen molar-refractivity contribution in [3.05, 3.63) is 35.2 Å². The van der Waals surface area contributed by atoms with Crippen molar-refractivity contribution in [2.75, 3.05) is 25.1 Å². The Morgan fingerprint density at radius 1 is 1.32 bits per heavy atom. The van der Waals surface area contributed by atoms with Gasteiger partial charge >= 0.3 is 5.97 Å². The molecule has 0 amide bonds. The van der Waals surface area contributed by atoms with Gasteiger partial charge in [-0.15, -0.1) is 0 Å². The van der Waals surface area contributed by atoms with Crippen LogP contribution in [0.1, 0.15) is 53.2 Å². The van der Waals surface area contributed by atoms with Crippen LogP contribution in [-0.2, 0) is 6.54 Å². The highest BCUT2D eigenvalue weighted by molar-refractivity contribution is 5.89. The van der Waals surface area contributed by atoms with Gasteiger partial charge in [-0.05, 0) is 37.3 Å². The number of carboxylic acids is 1. The van der Waals surface area contributed by atoms with Crippen LogP contribution in [0, 0.1) is 0 Å². The van der Waals surface area contributed by atoms with E-state index in [0.717, 1.165) is 37.3 Å². The third-order valence-electron chi connectivity index (χ3n) is 4.82. The van der Waals surface area contributed by atoms with Gasteiger partial charge in [0.2, 0.25) is 5.88 Å². The molecule has 0 radical (unpaired) electrons. The van der Waals surface area contributed by atoms with Crippen molar-refractivity contribution in [2.24, 2.45) is 0 Å². The molecular formula is C18H22N4O3. The number of aromatic nitrogens is 3. The molecule has 2 aromatic rings. The summed E-state index contributed by atoms with van der Waals surface area (Å²) in [4.78, 5) is 18.3. The summed E-state index contributed by atoms with van der Waals surface area (Å²) in [6.07, 6.45) is 6.05. The first kappa shape index (κ1) is 15.9. The molecule has 0 atom stereocenters. The highest BCUT2D eigenvalue weighted by Gasteiger charge is 2.31. The fourth-order valence-corrected chi connectivity index (χ4v) is 3.38. The van der Waals surface area contributed by atoms with E-state index in [4.69, 9.17) is 4.74 Å². The Hall–Kier alpha value is -2.57. The highest BCUT2D eigenvalue weighted by atomic mass is 16.5. The Bertz CT molecular complexity index is 792. The first-order valence-electron chi connectivity index (χ1n) is 8.74. The number of hydrogen-bond acceptors (Lipinski definition) is 5. The van der Waals surface area contributed by atoms with Crippen LogP contribution >= 0.6 is 0 Å². The van der Waals surface area contributed by atoms with Crippen molar-refractivity contribution >= 4 is 11.8 Å². The maximum absolute atomic E-state index is 11.5. The Kier molecular flexibility index (Phi) is 4.07. The lowest BCUT2D eigenvalue weighted by Crippen LogP contribution is -2.19. The summed E-state index contributed by atoms with van der Waals surface area (Å²) in [6.45, 7) is 2.53. The number of nitrogens with zero attached hydrogens (tertiary/aromatic N) is 4. The van der Waals surface area contributed by atoms with Gasteiger partial charge in [0.05, 0.1) is 19.3 Å². The lowest BCUT2D eigenvalue weighted by molar-refractivity contribution is 0.0695. The minimum absolute atomic E-state index is 0.305. The first-order chi connectivity index (χ1) is 12.1. The van der Waals surface area contributed by atoms with E-state index in [-0.39, 0.29) is 0 Å². The maximum Gasteiger partial charge on any atom is 0.339 e. The average Bonchev–Trinajstić information content (AvgIpc) is 3.13. The molecule has 0 spiro atoms. The number of pyridine rings is 1. The molecule has 0 unspecified atom stereocenters. The normalized spacial score (nSPS) is 17.1. The third kappa shape index (κ3) is 3.31. The summed E-state index contributed by atoms with van der Waals surface area (Å²) >= 11 is 0. The van der Waals surface area contributed by atoms with E-state index in [2.05, 4.69) is 15.0 Å². The number of aromatic carboxylic acids is 1. The SMILES string of the molecule is COc1cc(Cn2cc(C(=O)O)c(C3CC3)n2)cc(N2CCCC2)n1. The second kappa shape index (κ2) is 6.38. The number of carboxylic acid groups (broad SMARTS) is 1. The Morgan fingerprint density at radius 3 is 2.72 bits per heavy atom. The van der Waals surface area contributed by atoms with Gasteiger partial charge in [-0.1, -0.05) is 0 Å². The molecule has 7 nitrogen and oxygen atoms in total. The quantitative estimate of drug-likeness (QED) is 0.869. The molecule has 1 aliphatic carbocycles. The molecular weight excluding hydrogens is 320 g/mol. The predicted molar refractivity (Wildman–Crippen MR) is 92.5 cm³/mol. The van der Waals surface area contributed by atoms with Crippen LogP contribution in [0.4, 0.5) is 5.82 Å². The molecule has 0 aromatic carbocycles. The zero-order valence-corrected chi connectivity index (χ0v) is 14.3. The van der Waals surface area contributed by atoms with E-state index in [9.17, 15) is 9.90 Å². The largest absolute Gasteiger partial charge is 0.481 e. The Labute approximate surface area is 146 Å². The molecule has 25 heavy (non-hydrogen) atoms. The number of rotatable bonds is 6. The topological polar surface area (TPSA) is 80.5 Å². The number of hydrogen-bond donors (Lipinski definition) is 1. The molecule has 1 N–H and O–H groups in total. The molecule has 0 bridgehead atoms. The van der Waals surface area contributed by atoms with Crippen LogP contribution in [0.5, 0.6) is 5.88 Å². The maximum atomic E-state index is 11.5. The van der Waals surface area contributed by atoms with Crippen LogP contribution in [0.15, 0.2) is 18.3 Å². The summed E-state index contributed by atoms with van der Waals surface area (Å²) in [5.74, 6) is 0.894. The van der Waals surface area contributed by atoms with Crippen LogP contribution in [0.25, 0.3) is 0 Å². The van der Waals surface area contributed by atoms with Gasteiger partial charge in [0.15, 0.2) is 0 Å². The smallest absolute Gasteiger partial charge is 0.339 e. The van der Waals surface area contributed by atoms with Crippen molar-refractivity contribution in [3.8, 4) is 5.88 Å². The summed E-state index contributed by atoms with van der Waals surface area (Å²) in [5, 5.41) is 13.9. The van der Waals surface area contributed by atoms with Crippen LogP contribution in [-0.4, -0.2) is 46.0 Å². The number of anilines is 1. The number of ether oxygens (including phenoxy) is 1. The molecule has 132 valence electrons. The van der Waals surface area contributed by atoms with Gasteiger partial charge in [0, 0.05) is 31.3 Å². The molecule has 1 aliphatic heterocycles. The molecule has 2 aliphatic rings. The second-order valence-electron chi connectivity index (χ2n) is 6.78. The second-order valence-corrected chi connectivity index (χ2v) is 6.78. The van der Waals surface area contributed by atoms with E-state index in [1.54, 1.807) is 18.0 Å². The molecule has 3 heterocycles. The molecule has 1 saturated heterocycles. The molecule has 2 fully saturated rings. The van der Waals surface area contributed by atoms with E-state index in [1.807, 2.05) is 12.1 Å². The Morgan fingerprint density at radius 2 is 2.08 bits per heavy atom. The number of methoxy groups -OCH3 is 1. The summed E-state index contributed by atoms with van der Waals surface area (Å²) in [6, 6.07) is 3.94. The van der Waals surface area contributed by atoms with E-state index >= 15 is 0 Å². The third-order valence-corrected chi connectivity index (χ3v) is 4.82. The van der Waals surface area contributed by atoms with E-state index in [1.165, 1.54) is 12.8 Å². The van der Waals surface area contributed by atoms with Crippen molar-refractivity contribution in [1.29, 1.82) is 0 Å². The summed E-state index contributed by atoms with van der Waals surface area (Å²) < 4.78 is 7.07. The minimum atomic E-state index is -0.904. The van der Waals surface area contributed by atoms with Crippen LogP contribution in [0.2, 0.25) is 0 Å². The summed E-state index contributed by atoms with van der Waals surface area (Å²) in [5.41, 5.74) is 2.05. The van der Waals surface area contributed by atoms with Crippen LogP contribution in [0.3, 0.4) is 0 Å². The molecule has 7 heteroatoms. The van der Waals surface area contributed by atoms with Gasteiger partial charge < -0.3 is 14.7 Å². The van der Waals surface area contributed by atoms with Gasteiger partial charge in [-0.2, -0.15) is 10.1 Å². The van der Waals surface area contributed by atoms with Gasteiger partial charge in [-0.3, -0.25) is 4.68 Å². The lowest BCUT2D eigenvalue weighted by atomic mass is 10.2. The van der Waals surface area contributed by atoms with Crippen molar-refractivity contribution in [1.82, 2.24) is 14.8 Å². The van der Waals surface area contributed by atoms with Gasteiger partial charge in [0.25, 0.3) is 0 Å². The predicted octanol–water partition coefficient (Wildman–Crippen LogP) is 2.51. The van der Waals surface area contributed by atoms with Gasteiger partial charge in [0.1, 0.15) is 11.4 Å². The molecule has 2 aromatic heterocycles. The fourth-order valence-electron chi connectivity index (χ4n) is 3.38. The zero-order valence-electron chi connectivity index (χ0n) is 14.3. The zero-order chi connectivity index (χ0) is 17.4. The van der Waals surface area contributed by atoms with E-state index < -0.39 is 5.97 Å². The summed E-state index contributed by atoms with van der Waals surface area (Å²) in [7, 11) is 1.61. The molecule has 1 saturated carbocycles. The van der Waals surface area contributed by atoms with Crippen molar-refractivity contribution in [3.63, 3.8) is 0 Å². The first-order valence-corrected chi connectivity index (χ1v) is 8.74. The number of carbonyl (C=O) groups is 1. The Balaban J connectivity index is 1.62. The minimum Gasteiger partial charge on any atom is -0.481 e.